The fourth-order valence-electron chi connectivity index (χ4n) is 3.42. The van der Waals surface area contributed by atoms with Gasteiger partial charge in [-0.3, -0.25) is 4.79 Å². The van der Waals surface area contributed by atoms with E-state index < -0.39 is 0 Å². The van der Waals surface area contributed by atoms with Crippen LogP contribution in [0.5, 0.6) is 0 Å². The van der Waals surface area contributed by atoms with Gasteiger partial charge in [-0.15, -0.1) is 0 Å². The Morgan fingerprint density at radius 2 is 2.20 bits per heavy atom. The van der Waals surface area contributed by atoms with Crippen molar-refractivity contribution in [1.29, 1.82) is 0 Å². The monoisotopic (exact) mass is 282 g/mol. The number of ether oxygens (including phenoxy) is 1. The van der Waals surface area contributed by atoms with Crippen molar-refractivity contribution in [2.75, 3.05) is 26.2 Å². The van der Waals surface area contributed by atoms with Gasteiger partial charge in [-0.2, -0.15) is 0 Å². The lowest BCUT2D eigenvalue weighted by Crippen LogP contribution is -2.50. The Bertz CT molecular complexity index is 303. The molecule has 3 unspecified atom stereocenters. The third-order valence-corrected chi connectivity index (χ3v) is 4.68. The molecule has 20 heavy (non-hydrogen) atoms. The van der Waals surface area contributed by atoms with Gasteiger partial charge in [-0.25, -0.2) is 0 Å². The highest BCUT2D eigenvalue weighted by atomic mass is 16.5. The molecule has 2 saturated heterocycles. The highest BCUT2D eigenvalue weighted by Gasteiger charge is 2.28. The average molecular weight is 282 g/mol. The van der Waals surface area contributed by atoms with Gasteiger partial charge in [0, 0.05) is 32.2 Å². The van der Waals surface area contributed by atoms with Crippen LogP contribution in [0.2, 0.25) is 0 Å². The Morgan fingerprint density at radius 3 is 2.85 bits per heavy atom. The van der Waals surface area contributed by atoms with Crippen LogP contribution in [0.15, 0.2) is 0 Å². The summed E-state index contributed by atoms with van der Waals surface area (Å²) in [4.78, 5) is 14.4. The van der Waals surface area contributed by atoms with E-state index in [1.165, 1.54) is 12.8 Å². The standard InChI is InChI=1S/C16H30N2O2/c1-3-17-15-9-10-18(12-13(15)2)16(19)8-7-14-6-4-5-11-20-14/h13-15,17H,3-12H2,1-2H3. The number of amides is 1. The Labute approximate surface area is 123 Å². The van der Waals surface area contributed by atoms with Crippen molar-refractivity contribution in [3.8, 4) is 0 Å². The Kier molecular flexibility index (Phi) is 6.30. The van der Waals surface area contributed by atoms with Crippen molar-refractivity contribution in [3.63, 3.8) is 0 Å². The molecule has 0 bridgehead atoms. The second kappa shape index (κ2) is 7.99. The number of hydrogen-bond donors (Lipinski definition) is 1. The van der Waals surface area contributed by atoms with E-state index in [1.807, 2.05) is 0 Å². The Hall–Kier alpha value is -0.610. The van der Waals surface area contributed by atoms with Gasteiger partial charge in [0.05, 0.1) is 6.10 Å². The number of carbonyl (C=O) groups excluding carboxylic acids is 1. The summed E-state index contributed by atoms with van der Waals surface area (Å²) in [6.07, 6.45) is 6.53. The molecule has 4 heteroatoms. The SMILES string of the molecule is CCNC1CCN(C(=O)CCC2CCCCO2)CC1C. The van der Waals surface area contributed by atoms with Crippen LogP contribution in [0.1, 0.15) is 52.4 Å². The van der Waals surface area contributed by atoms with Crippen LogP contribution in [0, 0.1) is 5.92 Å². The van der Waals surface area contributed by atoms with Gasteiger partial charge in [-0.1, -0.05) is 13.8 Å². The zero-order chi connectivity index (χ0) is 14.4. The molecule has 0 aromatic carbocycles. The van der Waals surface area contributed by atoms with Crippen molar-refractivity contribution >= 4 is 5.91 Å². The van der Waals surface area contributed by atoms with Crippen molar-refractivity contribution < 1.29 is 9.53 Å². The van der Waals surface area contributed by atoms with Crippen molar-refractivity contribution in [3.05, 3.63) is 0 Å². The first-order valence-electron chi connectivity index (χ1n) is 8.33. The minimum Gasteiger partial charge on any atom is -0.378 e. The summed E-state index contributed by atoms with van der Waals surface area (Å²) < 4.78 is 5.71. The van der Waals surface area contributed by atoms with Gasteiger partial charge < -0.3 is 15.0 Å². The molecule has 116 valence electrons. The van der Waals surface area contributed by atoms with Crippen molar-refractivity contribution in [2.45, 2.75) is 64.5 Å². The molecule has 0 aromatic rings. The van der Waals surface area contributed by atoms with E-state index in [4.69, 9.17) is 4.74 Å². The molecule has 0 aliphatic carbocycles. The predicted molar refractivity (Wildman–Crippen MR) is 80.7 cm³/mol. The molecule has 0 aromatic heterocycles. The van der Waals surface area contributed by atoms with Gasteiger partial charge in [0.2, 0.25) is 5.91 Å². The predicted octanol–water partition coefficient (Wildman–Crippen LogP) is 2.18. The molecule has 2 aliphatic heterocycles. The fourth-order valence-corrected chi connectivity index (χ4v) is 3.42. The quantitative estimate of drug-likeness (QED) is 0.840. The van der Waals surface area contributed by atoms with Crippen LogP contribution in [0.3, 0.4) is 0 Å². The molecule has 2 rings (SSSR count). The summed E-state index contributed by atoms with van der Waals surface area (Å²) in [6.45, 7) is 8.10. The van der Waals surface area contributed by atoms with Gasteiger partial charge in [0.1, 0.15) is 0 Å². The van der Waals surface area contributed by atoms with E-state index in [1.54, 1.807) is 0 Å². The molecular formula is C16H30N2O2. The Balaban J connectivity index is 1.70. The first-order valence-corrected chi connectivity index (χ1v) is 8.33. The van der Waals surface area contributed by atoms with Crippen molar-refractivity contribution in [1.82, 2.24) is 10.2 Å². The minimum absolute atomic E-state index is 0.320. The van der Waals surface area contributed by atoms with E-state index in [9.17, 15) is 4.79 Å². The highest BCUT2D eigenvalue weighted by molar-refractivity contribution is 5.76. The zero-order valence-electron chi connectivity index (χ0n) is 13.1. The van der Waals surface area contributed by atoms with E-state index >= 15 is 0 Å². The molecule has 2 aliphatic rings. The van der Waals surface area contributed by atoms with Crippen LogP contribution in [-0.4, -0.2) is 49.2 Å². The van der Waals surface area contributed by atoms with Gasteiger partial charge in [0.15, 0.2) is 0 Å². The summed E-state index contributed by atoms with van der Waals surface area (Å²) in [6, 6.07) is 0.575. The van der Waals surface area contributed by atoms with Crippen LogP contribution >= 0.6 is 0 Å². The molecule has 1 amide bonds. The molecule has 3 atom stereocenters. The third-order valence-electron chi connectivity index (χ3n) is 4.68. The molecule has 0 saturated carbocycles. The number of nitrogens with one attached hydrogen (secondary N) is 1. The highest BCUT2D eigenvalue weighted by Crippen LogP contribution is 2.20. The van der Waals surface area contributed by atoms with E-state index in [0.717, 1.165) is 45.5 Å². The Morgan fingerprint density at radius 1 is 1.35 bits per heavy atom. The van der Waals surface area contributed by atoms with Crippen LogP contribution in [0.25, 0.3) is 0 Å². The summed E-state index contributed by atoms with van der Waals surface area (Å²) in [5, 5.41) is 3.52. The molecule has 0 spiro atoms. The number of hydrogen-bond acceptors (Lipinski definition) is 3. The average Bonchev–Trinajstić information content (AvgIpc) is 2.48. The van der Waals surface area contributed by atoms with E-state index in [-0.39, 0.29) is 0 Å². The summed E-state index contributed by atoms with van der Waals surface area (Å²) in [5.74, 6) is 0.875. The third kappa shape index (κ3) is 4.45. The molecule has 1 N–H and O–H groups in total. The maximum Gasteiger partial charge on any atom is 0.222 e. The zero-order valence-corrected chi connectivity index (χ0v) is 13.1. The largest absolute Gasteiger partial charge is 0.378 e. The molecular weight excluding hydrogens is 252 g/mol. The summed E-state index contributed by atoms with van der Waals surface area (Å²) in [7, 11) is 0. The number of piperidine rings is 1. The number of likely N-dealkylation sites (tertiary alicyclic amines) is 1. The summed E-state index contributed by atoms with van der Waals surface area (Å²) >= 11 is 0. The van der Waals surface area contributed by atoms with Gasteiger partial charge in [-0.05, 0) is 44.6 Å². The second-order valence-corrected chi connectivity index (χ2v) is 6.30. The summed E-state index contributed by atoms with van der Waals surface area (Å²) in [5.41, 5.74) is 0. The second-order valence-electron chi connectivity index (χ2n) is 6.30. The molecule has 2 heterocycles. The molecule has 0 radical (unpaired) electrons. The first-order chi connectivity index (χ1) is 9.70. The lowest BCUT2D eigenvalue weighted by Gasteiger charge is -2.37. The van der Waals surface area contributed by atoms with Crippen molar-refractivity contribution in [2.24, 2.45) is 5.92 Å². The molecule has 4 nitrogen and oxygen atoms in total. The fraction of sp³-hybridized carbons (Fsp3) is 0.938. The number of nitrogens with zero attached hydrogens (tertiary/aromatic N) is 1. The van der Waals surface area contributed by atoms with Gasteiger partial charge >= 0.3 is 0 Å². The van der Waals surface area contributed by atoms with E-state index in [0.29, 0.717) is 30.4 Å². The minimum atomic E-state index is 0.320. The maximum absolute atomic E-state index is 12.3. The maximum atomic E-state index is 12.3. The first kappa shape index (κ1) is 15.8. The number of rotatable bonds is 5. The normalized spacial score (nSPS) is 31.3. The van der Waals surface area contributed by atoms with E-state index in [2.05, 4.69) is 24.1 Å². The topological polar surface area (TPSA) is 41.6 Å². The van der Waals surface area contributed by atoms with Crippen LogP contribution in [0.4, 0.5) is 0 Å². The smallest absolute Gasteiger partial charge is 0.222 e. The molecule has 2 fully saturated rings. The number of carbonyl (C=O) groups is 1. The van der Waals surface area contributed by atoms with Crippen LogP contribution in [-0.2, 0) is 9.53 Å². The van der Waals surface area contributed by atoms with Crippen LogP contribution < -0.4 is 5.32 Å². The lowest BCUT2D eigenvalue weighted by atomic mass is 9.93. The lowest BCUT2D eigenvalue weighted by molar-refractivity contribution is -0.134. The van der Waals surface area contributed by atoms with Gasteiger partial charge in [0.25, 0.3) is 0 Å².